The van der Waals surface area contributed by atoms with Crippen LogP contribution in [0, 0.1) is 0 Å². The highest BCUT2D eigenvalue weighted by molar-refractivity contribution is 7.89. The number of sulfonamides is 1. The fourth-order valence-corrected chi connectivity index (χ4v) is 4.25. The first-order chi connectivity index (χ1) is 12.2. The van der Waals surface area contributed by atoms with Gasteiger partial charge >= 0.3 is 0 Å². The number of nitrogens with one attached hydrogen (secondary N) is 1. The number of hydrogen-bond donors (Lipinski definition) is 1. The van der Waals surface area contributed by atoms with Crippen LogP contribution in [0.1, 0.15) is 12.8 Å². The minimum absolute atomic E-state index is 0.0304. The van der Waals surface area contributed by atoms with Gasteiger partial charge in [0.1, 0.15) is 0 Å². The molecule has 0 unspecified atom stereocenters. The lowest BCUT2D eigenvalue weighted by Crippen LogP contribution is -2.38. The lowest BCUT2D eigenvalue weighted by atomic mass is 10.3. The minimum Gasteiger partial charge on any atom is -0.348 e. The Hall–Kier alpha value is -1.97. The Morgan fingerprint density at radius 1 is 1.12 bits per heavy atom. The molecule has 0 aromatic heterocycles. The van der Waals surface area contributed by atoms with Gasteiger partial charge in [0, 0.05) is 32.9 Å². The zero-order valence-electron chi connectivity index (χ0n) is 15.4. The van der Waals surface area contributed by atoms with Gasteiger partial charge in [-0.15, -0.1) is 0 Å². The summed E-state index contributed by atoms with van der Waals surface area (Å²) in [6, 6.07) is 6.26. The van der Waals surface area contributed by atoms with Crippen molar-refractivity contribution in [3.8, 4) is 0 Å². The number of carbonyl (C=O) groups is 2. The molecular formula is C17H26N4O4S. The highest BCUT2D eigenvalue weighted by Gasteiger charge is 2.27. The van der Waals surface area contributed by atoms with Crippen molar-refractivity contribution in [2.24, 2.45) is 0 Å². The van der Waals surface area contributed by atoms with E-state index in [-0.39, 0.29) is 29.8 Å². The molecule has 26 heavy (non-hydrogen) atoms. The molecule has 1 N–H and O–H groups in total. The van der Waals surface area contributed by atoms with Gasteiger partial charge in [0.2, 0.25) is 21.8 Å². The van der Waals surface area contributed by atoms with E-state index in [2.05, 4.69) is 5.32 Å². The van der Waals surface area contributed by atoms with Crippen LogP contribution in [-0.4, -0.2) is 81.7 Å². The monoisotopic (exact) mass is 382 g/mol. The van der Waals surface area contributed by atoms with E-state index in [0.717, 1.165) is 12.8 Å². The molecule has 0 bridgehead atoms. The van der Waals surface area contributed by atoms with Gasteiger partial charge in [-0.3, -0.25) is 14.5 Å². The number of carbonyl (C=O) groups excluding carboxylic acids is 2. The molecule has 1 aliphatic rings. The second-order valence-electron chi connectivity index (χ2n) is 6.65. The van der Waals surface area contributed by atoms with Gasteiger partial charge in [-0.25, -0.2) is 8.42 Å². The summed E-state index contributed by atoms with van der Waals surface area (Å²) >= 11 is 0. The highest BCUT2D eigenvalue weighted by atomic mass is 32.2. The van der Waals surface area contributed by atoms with Crippen LogP contribution >= 0.6 is 0 Å². The molecular weight excluding hydrogens is 356 g/mol. The largest absolute Gasteiger partial charge is 0.348 e. The first-order valence-corrected chi connectivity index (χ1v) is 9.93. The maximum atomic E-state index is 12.6. The first-order valence-electron chi connectivity index (χ1n) is 8.49. The third-order valence-electron chi connectivity index (χ3n) is 4.14. The summed E-state index contributed by atoms with van der Waals surface area (Å²) in [5.41, 5.74) is 0.419. The van der Waals surface area contributed by atoms with E-state index in [1.807, 2.05) is 0 Å². The van der Waals surface area contributed by atoms with Crippen molar-refractivity contribution < 1.29 is 18.0 Å². The number of anilines is 1. The Morgan fingerprint density at radius 3 is 2.38 bits per heavy atom. The van der Waals surface area contributed by atoms with Crippen LogP contribution in [0.2, 0.25) is 0 Å². The summed E-state index contributed by atoms with van der Waals surface area (Å²) in [5.74, 6) is -0.409. The normalized spacial score (nSPS) is 15.2. The summed E-state index contributed by atoms with van der Waals surface area (Å²) < 4.78 is 26.7. The molecule has 0 atom stereocenters. The minimum atomic E-state index is -3.52. The SMILES string of the molecule is CN(CC(=O)Nc1cccc(S(=O)(=O)N2CCCC2)c1)CC(=O)N(C)C. The number of nitrogens with zero attached hydrogens (tertiary/aromatic N) is 3. The van der Waals surface area contributed by atoms with E-state index >= 15 is 0 Å². The predicted octanol–water partition coefficient (Wildman–Crippen LogP) is 0.430. The van der Waals surface area contributed by atoms with Gasteiger partial charge in [0.25, 0.3) is 0 Å². The summed E-state index contributed by atoms with van der Waals surface area (Å²) in [4.78, 5) is 27.0. The van der Waals surface area contributed by atoms with Crippen LogP contribution in [0.25, 0.3) is 0 Å². The summed E-state index contributed by atoms with van der Waals surface area (Å²) in [5, 5.41) is 2.69. The number of amides is 2. The molecule has 1 aromatic carbocycles. The Balaban J connectivity index is 1.99. The van der Waals surface area contributed by atoms with Crippen LogP contribution in [0.3, 0.4) is 0 Å². The van der Waals surface area contributed by atoms with E-state index in [0.29, 0.717) is 18.8 Å². The Labute approximate surface area is 154 Å². The highest BCUT2D eigenvalue weighted by Crippen LogP contribution is 2.23. The van der Waals surface area contributed by atoms with Gasteiger partial charge in [-0.05, 0) is 38.1 Å². The third-order valence-corrected chi connectivity index (χ3v) is 6.03. The lowest BCUT2D eigenvalue weighted by molar-refractivity contribution is -0.130. The Kier molecular flexibility index (Phi) is 6.74. The van der Waals surface area contributed by atoms with E-state index in [1.54, 1.807) is 38.2 Å². The van der Waals surface area contributed by atoms with Gasteiger partial charge in [0.05, 0.1) is 18.0 Å². The van der Waals surface area contributed by atoms with Gasteiger partial charge in [-0.2, -0.15) is 4.31 Å². The van der Waals surface area contributed by atoms with E-state index in [1.165, 1.54) is 21.3 Å². The van der Waals surface area contributed by atoms with Gasteiger partial charge < -0.3 is 10.2 Å². The molecule has 144 valence electrons. The molecule has 1 aromatic rings. The molecule has 9 heteroatoms. The second-order valence-corrected chi connectivity index (χ2v) is 8.59. The standard InChI is InChI=1S/C17H26N4O4S/c1-19(2)17(23)13-20(3)12-16(22)18-14-7-6-8-15(11-14)26(24,25)21-9-4-5-10-21/h6-8,11H,4-5,9-10,12-13H2,1-3H3,(H,18,22). The fraction of sp³-hybridized carbons (Fsp3) is 0.529. The van der Waals surface area contributed by atoms with Crippen LogP contribution in [-0.2, 0) is 19.6 Å². The number of benzene rings is 1. The van der Waals surface area contributed by atoms with Crippen molar-refractivity contribution in [3.05, 3.63) is 24.3 Å². The van der Waals surface area contributed by atoms with E-state index in [4.69, 9.17) is 0 Å². The van der Waals surface area contributed by atoms with Crippen molar-refractivity contribution in [1.29, 1.82) is 0 Å². The summed E-state index contributed by atoms with van der Waals surface area (Å²) in [7, 11) is 1.46. The molecule has 0 aliphatic carbocycles. The molecule has 1 heterocycles. The maximum Gasteiger partial charge on any atom is 0.243 e. The number of rotatable bonds is 7. The van der Waals surface area contributed by atoms with Crippen LogP contribution in [0.4, 0.5) is 5.69 Å². The van der Waals surface area contributed by atoms with Crippen molar-refractivity contribution in [2.75, 3.05) is 52.6 Å². The molecule has 8 nitrogen and oxygen atoms in total. The van der Waals surface area contributed by atoms with Crippen LogP contribution in [0.5, 0.6) is 0 Å². The van der Waals surface area contributed by atoms with Crippen molar-refractivity contribution >= 4 is 27.5 Å². The molecule has 0 spiro atoms. The second kappa shape index (κ2) is 8.61. The van der Waals surface area contributed by atoms with E-state index in [9.17, 15) is 18.0 Å². The lowest BCUT2D eigenvalue weighted by Gasteiger charge is -2.19. The molecule has 1 saturated heterocycles. The maximum absolute atomic E-state index is 12.6. The predicted molar refractivity (Wildman–Crippen MR) is 99.3 cm³/mol. The van der Waals surface area contributed by atoms with Crippen LogP contribution < -0.4 is 5.32 Å². The van der Waals surface area contributed by atoms with Gasteiger partial charge in [0.15, 0.2) is 0 Å². The molecule has 1 aliphatic heterocycles. The number of likely N-dealkylation sites (N-methyl/N-ethyl adjacent to an activating group) is 2. The molecule has 1 fully saturated rings. The molecule has 2 rings (SSSR count). The van der Waals surface area contributed by atoms with Crippen molar-refractivity contribution in [2.45, 2.75) is 17.7 Å². The smallest absolute Gasteiger partial charge is 0.243 e. The third kappa shape index (κ3) is 5.26. The quantitative estimate of drug-likeness (QED) is 0.739. The summed E-state index contributed by atoms with van der Waals surface area (Å²) in [6.45, 7) is 1.22. The van der Waals surface area contributed by atoms with Crippen molar-refractivity contribution in [3.63, 3.8) is 0 Å². The molecule has 0 radical (unpaired) electrons. The zero-order valence-corrected chi connectivity index (χ0v) is 16.3. The van der Waals surface area contributed by atoms with Crippen LogP contribution in [0.15, 0.2) is 29.2 Å². The van der Waals surface area contributed by atoms with Crippen molar-refractivity contribution in [1.82, 2.24) is 14.1 Å². The topological polar surface area (TPSA) is 90.0 Å². The van der Waals surface area contributed by atoms with Gasteiger partial charge in [-0.1, -0.05) is 6.07 Å². The zero-order chi connectivity index (χ0) is 19.3. The summed E-state index contributed by atoms with van der Waals surface area (Å²) in [6.07, 6.45) is 1.74. The molecule has 0 saturated carbocycles. The molecule has 2 amide bonds. The first kappa shape index (κ1) is 20.3. The fourth-order valence-electron chi connectivity index (χ4n) is 2.69. The number of hydrogen-bond acceptors (Lipinski definition) is 5. The Bertz CT molecular complexity index is 758. The van der Waals surface area contributed by atoms with E-state index < -0.39 is 10.0 Å². The average molecular weight is 382 g/mol. The average Bonchev–Trinajstić information content (AvgIpc) is 3.09. The Morgan fingerprint density at radius 2 is 1.77 bits per heavy atom.